The lowest BCUT2D eigenvalue weighted by atomic mass is 10.2. The monoisotopic (exact) mass is 461 g/mol. The molecule has 0 unspecified atom stereocenters. The zero-order valence-corrected chi connectivity index (χ0v) is 18.6. The van der Waals surface area contributed by atoms with Crippen molar-refractivity contribution in [3.8, 4) is 17.2 Å². The summed E-state index contributed by atoms with van der Waals surface area (Å²) in [5, 5.41) is 6.26. The minimum absolute atomic E-state index is 0.229. The molecule has 0 aliphatic carbocycles. The minimum Gasteiger partial charge on any atom is -0.494 e. The molecule has 2 N–H and O–H groups in total. The number of hydrazone groups is 1. The standard InChI is InChI=1S/C25H23N3O6/c1-3-33-20-12-10-19(11-13-20)27-23(29)24(30)28-26-16-17-9-14-21(22(15-17)32-2)34-25(31)18-7-5-4-6-8-18/h4-16H,3H2,1-2H3,(H,27,29)(H,28,30)/b26-16-. The van der Waals surface area contributed by atoms with Crippen molar-refractivity contribution in [1.29, 1.82) is 0 Å². The third kappa shape index (κ3) is 6.67. The van der Waals surface area contributed by atoms with Crippen molar-refractivity contribution in [1.82, 2.24) is 5.43 Å². The second-order valence-corrected chi connectivity index (χ2v) is 6.78. The van der Waals surface area contributed by atoms with Gasteiger partial charge in [-0.3, -0.25) is 9.59 Å². The highest BCUT2D eigenvalue weighted by molar-refractivity contribution is 6.39. The predicted octanol–water partition coefficient (Wildman–Crippen LogP) is 3.40. The van der Waals surface area contributed by atoms with E-state index in [4.69, 9.17) is 14.2 Å². The molecule has 3 aromatic rings. The van der Waals surface area contributed by atoms with E-state index in [0.29, 0.717) is 34.9 Å². The summed E-state index contributed by atoms with van der Waals surface area (Å²) in [6, 6.07) is 19.9. The van der Waals surface area contributed by atoms with Gasteiger partial charge in [-0.1, -0.05) is 18.2 Å². The van der Waals surface area contributed by atoms with Crippen LogP contribution >= 0.6 is 0 Å². The number of hydrogen-bond acceptors (Lipinski definition) is 7. The minimum atomic E-state index is -0.939. The normalized spacial score (nSPS) is 10.4. The molecule has 0 fully saturated rings. The van der Waals surface area contributed by atoms with Crippen LogP contribution in [-0.2, 0) is 9.59 Å². The molecular formula is C25H23N3O6. The highest BCUT2D eigenvalue weighted by atomic mass is 16.6. The van der Waals surface area contributed by atoms with Gasteiger partial charge in [-0.25, -0.2) is 10.2 Å². The zero-order chi connectivity index (χ0) is 24.3. The fourth-order valence-electron chi connectivity index (χ4n) is 2.79. The first-order chi connectivity index (χ1) is 16.5. The average Bonchev–Trinajstić information content (AvgIpc) is 2.86. The first-order valence-corrected chi connectivity index (χ1v) is 10.3. The van der Waals surface area contributed by atoms with Gasteiger partial charge in [-0.2, -0.15) is 5.10 Å². The van der Waals surface area contributed by atoms with Gasteiger partial charge in [0.1, 0.15) is 5.75 Å². The predicted molar refractivity (Wildman–Crippen MR) is 126 cm³/mol. The number of esters is 1. The number of rotatable bonds is 8. The molecule has 0 saturated heterocycles. The summed E-state index contributed by atoms with van der Waals surface area (Å²) in [6.45, 7) is 2.39. The van der Waals surface area contributed by atoms with Gasteiger partial charge in [-0.05, 0) is 67.1 Å². The largest absolute Gasteiger partial charge is 0.494 e. The summed E-state index contributed by atoms with van der Waals surface area (Å²) in [7, 11) is 1.43. The molecule has 34 heavy (non-hydrogen) atoms. The molecule has 0 radical (unpaired) electrons. The number of benzene rings is 3. The summed E-state index contributed by atoms with van der Waals surface area (Å²) >= 11 is 0. The second-order valence-electron chi connectivity index (χ2n) is 6.78. The Hall–Kier alpha value is -4.66. The summed E-state index contributed by atoms with van der Waals surface area (Å²) in [5.41, 5.74) is 3.55. The van der Waals surface area contributed by atoms with E-state index < -0.39 is 17.8 Å². The molecule has 9 nitrogen and oxygen atoms in total. The van der Waals surface area contributed by atoms with Crippen LogP contribution < -0.4 is 25.0 Å². The lowest BCUT2D eigenvalue weighted by Crippen LogP contribution is -2.32. The lowest BCUT2D eigenvalue weighted by molar-refractivity contribution is -0.136. The first kappa shape index (κ1) is 24.0. The number of nitrogens with one attached hydrogen (secondary N) is 2. The van der Waals surface area contributed by atoms with Crippen LogP contribution in [0.25, 0.3) is 0 Å². The van der Waals surface area contributed by atoms with Gasteiger partial charge >= 0.3 is 17.8 Å². The molecular weight excluding hydrogens is 438 g/mol. The third-order valence-electron chi connectivity index (χ3n) is 4.41. The molecule has 0 aliphatic heterocycles. The molecule has 0 heterocycles. The Kier molecular flexibility index (Phi) is 8.34. The third-order valence-corrected chi connectivity index (χ3v) is 4.41. The van der Waals surface area contributed by atoms with Crippen molar-refractivity contribution in [3.05, 3.63) is 83.9 Å². The van der Waals surface area contributed by atoms with E-state index in [2.05, 4.69) is 15.8 Å². The van der Waals surface area contributed by atoms with Crippen LogP contribution in [-0.4, -0.2) is 37.7 Å². The molecule has 0 spiro atoms. The molecule has 3 rings (SSSR count). The van der Waals surface area contributed by atoms with Gasteiger partial charge in [-0.15, -0.1) is 0 Å². The van der Waals surface area contributed by atoms with Crippen LogP contribution in [0.15, 0.2) is 77.9 Å². The molecule has 174 valence electrons. The number of methoxy groups -OCH3 is 1. The highest BCUT2D eigenvalue weighted by Gasteiger charge is 2.14. The van der Waals surface area contributed by atoms with E-state index in [1.165, 1.54) is 13.3 Å². The van der Waals surface area contributed by atoms with Crippen LogP contribution in [0.2, 0.25) is 0 Å². The van der Waals surface area contributed by atoms with Gasteiger partial charge in [0.05, 0.1) is 25.5 Å². The Morgan fingerprint density at radius 3 is 2.32 bits per heavy atom. The molecule has 0 aromatic heterocycles. The van der Waals surface area contributed by atoms with Crippen molar-refractivity contribution in [2.45, 2.75) is 6.92 Å². The van der Waals surface area contributed by atoms with Gasteiger partial charge in [0.25, 0.3) is 0 Å². The first-order valence-electron chi connectivity index (χ1n) is 10.3. The molecule has 2 amide bonds. The molecule has 0 bridgehead atoms. The van der Waals surface area contributed by atoms with Crippen LogP contribution in [0, 0.1) is 0 Å². The fourth-order valence-corrected chi connectivity index (χ4v) is 2.79. The van der Waals surface area contributed by atoms with Crippen molar-refractivity contribution >= 4 is 29.7 Å². The van der Waals surface area contributed by atoms with Crippen molar-refractivity contribution in [2.24, 2.45) is 5.10 Å². The van der Waals surface area contributed by atoms with Crippen molar-refractivity contribution < 1.29 is 28.6 Å². The number of carbonyl (C=O) groups excluding carboxylic acids is 3. The Labute approximate surface area is 196 Å². The molecule has 0 atom stereocenters. The Morgan fingerprint density at radius 2 is 1.65 bits per heavy atom. The number of carbonyl (C=O) groups is 3. The summed E-state index contributed by atoms with van der Waals surface area (Å²) < 4.78 is 16.0. The molecule has 0 saturated carbocycles. The van der Waals surface area contributed by atoms with Gasteiger partial charge in [0, 0.05) is 5.69 Å². The quantitative estimate of drug-likeness (QED) is 0.175. The molecule has 9 heteroatoms. The molecule has 0 aliphatic rings. The van der Waals surface area contributed by atoms with E-state index >= 15 is 0 Å². The number of nitrogens with zero attached hydrogens (tertiary/aromatic N) is 1. The van der Waals surface area contributed by atoms with Crippen LogP contribution in [0.3, 0.4) is 0 Å². The number of amides is 2. The van der Waals surface area contributed by atoms with E-state index in [1.54, 1.807) is 72.8 Å². The molecule has 3 aromatic carbocycles. The average molecular weight is 461 g/mol. The maximum atomic E-state index is 12.3. The topological polar surface area (TPSA) is 115 Å². The van der Waals surface area contributed by atoms with Crippen LogP contribution in [0.4, 0.5) is 5.69 Å². The highest BCUT2D eigenvalue weighted by Crippen LogP contribution is 2.28. The van der Waals surface area contributed by atoms with Crippen molar-refractivity contribution in [2.75, 3.05) is 19.0 Å². The van der Waals surface area contributed by atoms with E-state index in [-0.39, 0.29) is 5.75 Å². The van der Waals surface area contributed by atoms with Gasteiger partial charge in [0.15, 0.2) is 11.5 Å². The van der Waals surface area contributed by atoms with Gasteiger partial charge < -0.3 is 19.5 Å². The smallest absolute Gasteiger partial charge is 0.343 e. The second kappa shape index (κ2) is 11.8. The van der Waals surface area contributed by atoms with Crippen LogP contribution in [0.1, 0.15) is 22.8 Å². The maximum Gasteiger partial charge on any atom is 0.343 e. The van der Waals surface area contributed by atoms with E-state index in [1.807, 2.05) is 6.92 Å². The lowest BCUT2D eigenvalue weighted by Gasteiger charge is -2.10. The number of ether oxygens (including phenoxy) is 3. The van der Waals surface area contributed by atoms with Crippen molar-refractivity contribution in [3.63, 3.8) is 0 Å². The number of hydrogen-bond donors (Lipinski definition) is 2. The fraction of sp³-hybridized carbons (Fsp3) is 0.120. The summed E-state index contributed by atoms with van der Waals surface area (Å²) in [5.74, 6) is -1.15. The van der Waals surface area contributed by atoms with Gasteiger partial charge in [0.2, 0.25) is 0 Å². The Morgan fingerprint density at radius 1 is 0.912 bits per heavy atom. The van der Waals surface area contributed by atoms with E-state index in [0.717, 1.165) is 0 Å². The Bertz CT molecular complexity index is 1180. The summed E-state index contributed by atoms with van der Waals surface area (Å²) in [4.78, 5) is 36.3. The summed E-state index contributed by atoms with van der Waals surface area (Å²) in [6.07, 6.45) is 1.33. The number of anilines is 1. The van der Waals surface area contributed by atoms with Crippen LogP contribution in [0.5, 0.6) is 17.2 Å². The SMILES string of the molecule is CCOc1ccc(NC(=O)C(=O)N/N=C\c2ccc(OC(=O)c3ccccc3)c(OC)c2)cc1. The van der Waals surface area contributed by atoms with E-state index in [9.17, 15) is 14.4 Å². The zero-order valence-electron chi connectivity index (χ0n) is 18.6. The Balaban J connectivity index is 1.56. The maximum absolute atomic E-state index is 12.3.